The third kappa shape index (κ3) is 3.70. The zero-order valence-electron chi connectivity index (χ0n) is 14.3. The van der Waals surface area contributed by atoms with E-state index >= 15 is 0 Å². The topological polar surface area (TPSA) is 45.8 Å². The van der Waals surface area contributed by atoms with Crippen LogP contribution in [0, 0.1) is 11.3 Å². The normalized spacial score (nSPS) is 10.4. The number of hydrogen-bond acceptors (Lipinski definition) is 2. The van der Waals surface area contributed by atoms with Crippen LogP contribution in [0.15, 0.2) is 71.5 Å². The Morgan fingerprint density at radius 1 is 0.960 bits per heavy atom. The van der Waals surface area contributed by atoms with Crippen LogP contribution in [0.4, 0.5) is 0 Å². The molecule has 0 saturated carbocycles. The van der Waals surface area contributed by atoms with Gasteiger partial charge in [0.15, 0.2) is 0 Å². The van der Waals surface area contributed by atoms with E-state index in [-0.39, 0.29) is 5.56 Å². The fourth-order valence-corrected chi connectivity index (χ4v) is 3.02. The van der Waals surface area contributed by atoms with E-state index in [2.05, 4.69) is 13.0 Å². The maximum atomic E-state index is 12.2. The van der Waals surface area contributed by atoms with E-state index < -0.39 is 0 Å². The molecule has 0 N–H and O–H groups in total. The average molecular weight is 328 g/mol. The molecule has 2 aromatic carbocycles. The van der Waals surface area contributed by atoms with Crippen LogP contribution in [0.5, 0.6) is 0 Å². The van der Waals surface area contributed by atoms with Gasteiger partial charge in [-0.1, -0.05) is 61.9 Å². The second-order valence-electron chi connectivity index (χ2n) is 6.05. The second kappa shape index (κ2) is 7.63. The molecule has 3 heteroatoms. The molecule has 0 saturated heterocycles. The van der Waals surface area contributed by atoms with Gasteiger partial charge in [-0.25, -0.2) is 0 Å². The van der Waals surface area contributed by atoms with Crippen LogP contribution in [0.25, 0.3) is 11.1 Å². The van der Waals surface area contributed by atoms with E-state index in [9.17, 15) is 10.1 Å². The number of hydrogen-bond donors (Lipinski definition) is 0. The molecule has 3 rings (SSSR count). The number of benzene rings is 2. The SMILES string of the molecule is CCCc1cccc(=O)n1Cc1ccc(-c2ccccc2C#N)cc1. The lowest BCUT2D eigenvalue weighted by Crippen LogP contribution is -2.22. The van der Waals surface area contributed by atoms with E-state index in [0.717, 1.165) is 35.2 Å². The summed E-state index contributed by atoms with van der Waals surface area (Å²) in [6.07, 6.45) is 1.90. The van der Waals surface area contributed by atoms with Gasteiger partial charge in [-0.15, -0.1) is 0 Å². The van der Waals surface area contributed by atoms with Crippen molar-refractivity contribution in [3.05, 3.63) is 93.9 Å². The Balaban J connectivity index is 1.90. The van der Waals surface area contributed by atoms with Crippen molar-refractivity contribution in [1.82, 2.24) is 4.57 Å². The molecular formula is C22H20N2O. The van der Waals surface area contributed by atoms with Gasteiger partial charge < -0.3 is 4.57 Å². The highest BCUT2D eigenvalue weighted by atomic mass is 16.1. The maximum Gasteiger partial charge on any atom is 0.251 e. The summed E-state index contributed by atoms with van der Waals surface area (Å²) < 4.78 is 1.84. The Morgan fingerprint density at radius 3 is 2.44 bits per heavy atom. The number of nitriles is 1. The average Bonchev–Trinajstić information content (AvgIpc) is 2.65. The molecule has 0 aliphatic heterocycles. The Bertz CT molecular complexity index is 962. The fraction of sp³-hybridized carbons (Fsp3) is 0.182. The molecule has 0 fully saturated rings. The monoisotopic (exact) mass is 328 g/mol. The molecule has 1 heterocycles. The van der Waals surface area contributed by atoms with Crippen LogP contribution in [0.1, 0.15) is 30.2 Å². The van der Waals surface area contributed by atoms with E-state index in [0.29, 0.717) is 12.1 Å². The predicted molar refractivity (Wildman–Crippen MR) is 100 cm³/mol. The molecule has 0 aliphatic carbocycles. The van der Waals surface area contributed by atoms with Crippen LogP contribution in [-0.2, 0) is 13.0 Å². The summed E-state index contributed by atoms with van der Waals surface area (Å²) >= 11 is 0. The van der Waals surface area contributed by atoms with Crippen molar-refractivity contribution in [2.24, 2.45) is 0 Å². The van der Waals surface area contributed by atoms with E-state index in [1.54, 1.807) is 6.07 Å². The second-order valence-corrected chi connectivity index (χ2v) is 6.05. The number of aryl methyl sites for hydroxylation is 1. The van der Waals surface area contributed by atoms with Crippen molar-refractivity contribution in [3.8, 4) is 17.2 Å². The Kier molecular flexibility index (Phi) is 5.11. The van der Waals surface area contributed by atoms with E-state index in [1.807, 2.05) is 65.2 Å². The van der Waals surface area contributed by atoms with Gasteiger partial charge in [0, 0.05) is 11.8 Å². The zero-order chi connectivity index (χ0) is 17.6. The molecule has 0 amide bonds. The lowest BCUT2D eigenvalue weighted by molar-refractivity contribution is 0.687. The molecular weight excluding hydrogens is 308 g/mol. The quantitative estimate of drug-likeness (QED) is 0.697. The zero-order valence-corrected chi connectivity index (χ0v) is 14.3. The number of rotatable bonds is 5. The van der Waals surface area contributed by atoms with E-state index in [4.69, 9.17) is 0 Å². The molecule has 0 bridgehead atoms. The van der Waals surface area contributed by atoms with Crippen LogP contribution < -0.4 is 5.56 Å². The van der Waals surface area contributed by atoms with Gasteiger partial charge in [0.25, 0.3) is 5.56 Å². The molecule has 25 heavy (non-hydrogen) atoms. The summed E-state index contributed by atoms with van der Waals surface area (Å²) in [5, 5.41) is 9.25. The molecule has 3 aromatic rings. The summed E-state index contributed by atoms with van der Waals surface area (Å²) in [4.78, 5) is 12.2. The Labute approximate surface area is 147 Å². The minimum absolute atomic E-state index is 0.0323. The van der Waals surface area contributed by atoms with Crippen molar-refractivity contribution >= 4 is 0 Å². The van der Waals surface area contributed by atoms with E-state index in [1.165, 1.54) is 0 Å². The smallest absolute Gasteiger partial charge is 0.251 e. The van der Waals surface area contributed by atoms with Gasteiger partial charge in [0.05, 0.1) is 18.2 Å². The highest BCUT2D eigenvalue weighted by Crippen LogP contribution is 2.23. The van der Waals surface area contributed by atoms with Gasteiger partial charge in [0.2, 0.25) is 0 Å². The molecule has 124 valence electrons. The standard InChI is InChI=1S/C22H20N2O/c1-2-6-20-8-5-10-22(25)24(20)16-17-11-13-18(14-12-17)21-9-4-3-7-19(21)15-23/h3-5,7-14H,2,6,16H2,1H3. The van der Waals surface area contributed by atoms with Crippen molar-refractivity contribution in [2.75, 3.05) is 0 Å². The third-order valence-electron chi connectivity index (χ3n) is 4.30. The molecule has 0 atom stereocenters. The van der Waals surface area contributed by atoms with Gasteiger partial charge in [-0.2, -0.15) is 5.26 Å². The lowest BCUT2D eigenvalue weighted by Gasteiger charge is -2.12. The summed E-state index contributed by atoms with van der Waals surface area (Å²) in [7, 11) is 0. The van der Waals surface area contributed by atoms with Crippen molar-refractivity contribution in [1.29, 1.82) is 5.26 Å². The van der Waals surface area contributed by atoms with Crippen LogP contribution in [0.3, 0.4) is 0 Å². The first-order chi connectivity index (χ1) is 12.2. The highest BCUT2D eigenvalue weighted by molar-refractivity contribution is 5.70. The van der Waals surface area contributed by atoms with Crippen LogP contribution in [0.2, 0.25) is 0 Å². The predicted octanol–water partition coefficient (Wildman–Crippen LogP) is 4.39. The van der Waals surface area contributed by atoms with Gasteiger partial charge >= 0.3 is 0 Å². The van der Waals surface area contributed by atoms with Gasteiger partial charge in [-0.3, -0.25) is 4.79 Å². The largest absolute Gasteiger partial charge is 0.308 e. The fourth-order valence-electron chi connectivity index (χ4n) is 3.02. The van der Waals surface area contributed by atoms with Crippen molar-refractivity contribution in [2.45, 2.75) is 26.3 Å². The molecule has 0 radical (unpaired) electrons. The molecule has 1 aromatic heterocycles. The molecule has 0 spiro atoms. The number of pyridine rings is 1. The minimum atomic E-state index is 0.0323. The van der Waals surface area contributed by atoms with Gasteiger partial charge in [0.1, 0.15) is 0 Å². The van der Waals surface area contributed by atoms with Crippen LogP contribution >= 0.6 is 0 Å². The van der Waals surface area contributed by atoms with Crippen LogP contribution in [-0.4, -0.2) is 4.57 Å². The first kappa shape index (κ1) is 16.7. The third-order valence-corrected chi connectivity index (χ3v) is 4.30. The summed E-state index contributed by atoms with van der Waals surface area (Å²) in [6.45, 7) is 2.68. The Hall–Kier alpha value is -3.12. The number of nitrogens with zero attached hydrogens (tertiary/aromatic N) is 2. The first-order valence-electron chi connectivity index (χ1n) is 8.50. The maximum absolute atomic E-state index is 12.2. The number of aromatic nitrogens is 1. The Morgan fingerprint density at radius 2 is 1.72 bits per heavy atom. The lowest BCUT2D eigenvalue weighted by atomic mass is 9.99. The highest BCUT2D eigenvalue weighted by Gasteiger charge is 2.06. The van der Waals surface area contributed by atoms with Gasteiger partial charge in [-0.05, 0) is 35.2 Å². The van der Waals surface area contributed by atoms with Crippen molar-refractivity contribution < 1.29 is 0 Å². The summed E-state index contributed by atoms with van der Waals surface area (Å²) in [5.41, 5.74) is 4.78. The first-order valence-corrected chi connectivity index (χ1v) is 8.50. The molecule has 3 nitrogen and oxygen atoms in total. The molecule has 0 aliphatic rings. The minimum Gasteiger partial charge on any atom is -0.308 e. The molecule has 0 unspecified atom stereocenters. The summed E-state index contributed by atoms with van der Waals surface area (Å²) in [6, 6.07) is 23.3. The summed E-state index contributed by atoms with van der Waals surface area (Å²) in [5.74, 6) is 0. The van der Waals surface area contributed by atoms with Crippen molar-refractivity contribution in [3.63, 3.8) is 0 Å².